The number of carboxylic acids is 1. The molecule has 0 saturated carbocycles. The van der Waals surface area contributed by atoms with Crippen LogP contribution in [0, 0.1) is 21.8 Å². The highest BCUT2D eigenvalue weighted by Gasteiger charge is 2.31. The van der Waals surface area contributed by atoms with Gasteiger partial charge in [0.05, 0.1) is 11.3 Å². The Morgan fingerprint density at radius 2 is 2.04 bits per heavy atom. The van der Waals surface area contributed by atoms with Crippen LogP contribution in [0.2, 0.25) is 0 Å². The molecule has 0 unspecified atom stereocenters. The van der Waals surface area contributed by atoms with E-state index in [0.29, 0.717) is 0 Å². The molecule has 0 fully saturated rings. The van der Waals surface area contributed by atoms with Crippen molar-refractivity contribution < 1.29 is 28.2 Å². The van der Waals surface area contributed by atoms with Crippen LogP contribution in [-0.2, 0) is 16.2 Å². The van der Waals surface area contributed by atoms with E-state index >= 15 is 0 Å². The molecule has 10 heteroatoms. The van der Waals surface area contributed by atoms with E-state index in [0.717, 1.165) is 18.2 Å². The number of nitrogens with one attached hydrogen (secondary N) is 1. The summed E-state index contributed by atoms with van der Waals surface area (Å²) in [6, 6.07) is 2.46. The van der Waals surface area contributed by atoms with Crippen LogP contribution in [0.4, 0.5) is 14.5 Å². The molecule has 0 bridgehead atoms. The van der Waals surface area contributed by atoms with Gasteiger partial charge in [-0.3, -0.25) is 14.9 Å². The van der Waals surface area contributed by atoms with Crippen molar-refractivity contribution in [3.8, 4) is 0 Å². The number of hydrogen-bond acceptors (Lipinski definition) is 5. The number of non-ortho nitro benzene ring substituents is 1. The molecule has 0 heterocycles. The van der Waals surface area contributed by atoms with Gasteiger partial charge in [-0.2, -0.15) is 0 Å². The largest absolute Gasteiger partial charge is 0.598 e. The van der Waals surface area contributed by atoms with Crippen LogP contribution in [0.1, 0.15) is 45.3 Å². The summed E-state index contributed by atoms with van der Waals surface area (Å²) in [5, 5.41) is 19.8. The maximum Gasteiger partial charge on any atom is 0.303 e. The van der Waals surface area contributed by atoms with E-state index in [2.05, 4.69) is 4.72 Å². The Balaban J connectivity index is 2.93. The fourth-order valence-corrected chi connectivity index (χ4v) is 2.98. The summed E-state index contributed by atoms with van der Waals surface area (Å²) in [6.45, 7) is 5.27. The van der Waals surface area contributed by atoms with Crippen LogP contribution < -0.4 is 4.72 Å². The normalized spacial score (nSPS) is 15.3. The van der Waals surface area contributed by atoms with Crippen molar-refractivity contribution >= 4 is 23.0 Å². The minimum atomic E-state index is -2.05. The Morgan fingerprint density at radius 3 is 2.54 bits per heavy atom. The number of nitrogens with zero attached hydrogens (tertiary/aromatic N) is 1. The Hall–Kier alpha value is -1.78. The Kier molecular flexibility index (Phi) is 7.91. The van der Waals surface area contributed by atoms with Gasteiger partial charge in [-0.1, -0.05) is 0 Å². The first kappa shape index (κ1) is 22.3. The minimum Gasteiger partial charge on any atom is -0.598 e. The van der Waals surface area contributed by atoms with Crippen LogP contribution in [0.3, 0.4) is 0 Å². The van der Waals surface area contributed by atoms with Gasteiger partial charge in [-0.05, 0) is 33.3 Å². The summed E-state index contributed by atoms with van der Waals surface area (Å²) in [5.74, 6) is -3.39. The second-order valence-electron chi connectivity index (χ2n) is 6.79. The number of carbonyl (C=O) groups is 1. The molecule has 1 rings (SSSR count). The standard InChI is InChI=1S/C16H22F2N2O5S/c1-16(2,3)26(25)19-7-6-10(8-14(21)22)15(18)12-9-11(20(23)24)4-5-13(12)17/h4-5,9-10,15,19H,6-8H2,1-3H3,(H,21,22)/t10-,15-,26-/m1/s1. The number of hydrogen-bond donors (Lipinski definition) is 2. The first-order valence-corrected chi connectivity index (χ1v) is 9.03. The van der Waals surface area contributed by atoms with Gasteiger partial charge < -0.3 is 9.66 Å². The number of nitro groups is 1. The third kappa shape index (κ3) is 6.50. The lowest BCUT2D eigenvalue weighted by atomic mass is 9.90. The van der Waals surface area contributed by atoms with Gasteiger partial charge in [-0.25, -0.2) is 8.78 Å². The highest BCUT2D eigenvalue weighted by atomic mass is 32.2. The van der Waals surface area contributed by atoms with Crippen LogP contribution in [0.25, 0.3) is 0 Å². The fourth-order valence-electron chi connectivity index (χ4n) is 2.24. The van der Waals surface area contributed by atoms with Gasteiger partial charge in [0.25, 0.3) is 5.69 Å². The average Bonchev–Trinajstić information content (AvgIpc) is 2.52. The number of nitro benzene ring substituents is 1. The van der Waals surface area contributed by atoms with E-state index in [1.165, 1.54) is 0 Å². The first-order valence-electron chi connectivity index (χ1n) is 7.88. The zero-order chi connectivity index (χ0) is 20.1. The zero-order valence-corrected chi connectivity index (χ0v) is 15.5. The molecule has 0 saturated heterocycles. The molecule has 1 aromatic carbocycles. The van der Waals surface area contributed by atoms with Crippen molar-refractivity contribution in [3.63, 3.8) is 0 Å². The highest BCUT2D eigenvalue weighted by Crippen LogP contribution is 2.34. The van der Waals surface area contributed by atoms with E-state index in [1.54, 1.807) is 20.8 Å². The predicted octanol–water partition coefficient (Wildman–Crippen LogP) is 3.28. The Morgan fingerprint density at radius 1 is 1.42 bits per heavy atom. The Bertz CT molecular complexity index is 654. The second-order valence-corrected chi connectivity index (χ2v) is 8.84. The number of carboxylic acid groups (broad SMARTS) is 1. The van der Waals surface area contributed by atoms with Gasteiger partial charge in [0, 0.05) is 41.5 Å². The van der Waals surface area contributed by atoms with E-state index in [1.807, 2.05) is 0 Å². The SMILES string of the molecule is CC(C)(C)[S@@+]([O-])NCC[C@H](CC(=O)O)[C@@H](F)c1cc([N+](=O)[O-])ccc1F. The monoisotopic (exact) mass is 392 g/mol. The lowest BCUT2D eigenvalue weighted by Gasteiger charge is -2.25. The molecule has 1 aromatic rings. The lowest BCUT2D eigenvalue weighted by Crippen LogP contribution is -2.40. The summed E-state index contributed by atoms with van der Waals surface area (Å²) in [7, 11) is 0. The van der Waals surface area contributed by atoms with Gasteiger partial charge >= 0.3 is 5.97 Å². The molecule has 0 radical (unpaired) electrons. The zero-order valence-electron chi connectivity index (χ0n) is 14.7. The van der Waals surface area contributed by atoms with Crippen LogP contribution in [0.15, 0.2) is 18.2 Å². The van der Waals surface area contributed by atoms with Crippen LogP contribution in [-0.4, -0.2) is 31.8 Å². The molecular weight excluding hydrogens is 370 g/mol. The van der Waals surface area contributed by atoms with Crippen LogP contribution in [0.5, 0.6) is 0 Å². The first-order chi connectivity index (χ1) is 11.9. The third-order valence-electron chi connectivity index (χ3n) is 3.64. The molecule has 2 N–H and O–H groups in total. The molecule has 0 aliphatic rings. The molecular formula is C16H22F2N2O5S. The van der Waals surface area contributed by atoms with Crippen molar-refractivity contribution in [1.82, 2.24) is 4.72 Å². The molecule has 7 nitrogen and oxygen atoms in total. The molecule has 26 heavy (non-hydrogen) atoms. The second kappa shape index (κ2) is 9.24. The maximum absolute atomic E-state index is 14.8. The molecule has 146 valence electrons. The van der Waals surface area contributed by atoms with Gasteiger partial charge in [0.1, 0.15) is 16.7 Å². The van der Waals surface area contributed by atoms with E-state index < -0.39 is 62.6 Å². The molecule has 0 spiro atoms. The highest BCUT2D eigenvalue weighted by molar-refractivity contribution is 7.90. The quantitative estimate of drug-likeness (QED) is 0.378. The summed E-state index contributed by atoms with van der Waals surface area (Å²) in [5.41, 5.74) is -1.03. The van der Waals surface area contributed by atoms with Gasteiger partial charge in [0.15, 0.2) is 0 Å². The summed E-state index contributed by atoms with van der Waals surface area (Å²) in [6.07, 6.45) is -2.67. The van der Waals surface area contributed by atoms with Gasteiger partial charge in [-0.15, -0.1) is 4.72 Å². The van der Waals surface area contributed by atoms with Crippen LogP contribution >= 0.6 is 0 Å². The van der Waals surface area contributed by atoms with Gasteiger partial charge in [0.2, 0.25) is 0 Å². The van der Waals surface area contributed by atoms with E-state index in [4.69, 9.17) is 5.11 Å². The van der Waals surface area contributed by atoms with Crippen molar-refractivity contribution in [2.75, 3.05) is 6.54 Å². The number of halogens is 2. The number of benzene rings is 1. The molecule has 0 aliphatic heterocycles. The number of rotatable bonds is 9. The maximum atomic E-state index is 14.8. The number of aliphatic carboxylic acids is 1. The average molecular weight is 392 g/mol. The molecule has 0 aromatic heterocycles. The number of alkyl halides is 1. The van der Waals surface area contributed by atoms with Crippen molar-refractivity contribution in [1.29, 1.82) is 0 Å². The molecule has 3 atom stereocenters. The minimum absolute atomic E-state index is 0.0303. The van der Waals surface area contributed by atoms with E-state index in [-0.39, 0.29) is 13.0 Å². The summed E-state index contributed by atoms with van der Waals surface area (Å²) >= 11 is -1.42. The van der Waals surface area contributed by atoms with Crippen molar-refractivity contribution in [2.45, 2.75) is 44.5 Å². The fraction of sp³-hybridized carbons (Fsp3) is 0.562. The lowest BCUT2D eigenvalue weighted by molar-refractivity contribution is -0.385. The third-order valence-corrected chi connectivity index (χ3v) is 5.22. The topological polar surface area (TPSA) is 116 Å². The predicted molar refractivity (Wildman–Crippen MR) is 93.2 cm³/mol. The van der Waals surface area contributed by atoms with Crippen molar-refractivity contribution in [2.24, 2.45) is 5.92 Å². The van der Waals surface area contributed by atoms with E-state index in [9.17, 15) is 28.2 Å². The molecule has 0 aliphatic carbocycles. The smallest absolute Gasteiger partial charge is 0.303 e. The summed E-state index contributed by atoms with van der Waals surface area (Å²) in [4.78, 5) is 21.0. The Labute approximate surface area is 153 Å². The van der Waals surface area contributed by atoms with Crippen molar-refractivity contribution in [3.05, 3.63) is 39.7 Å². The summed E-state index contributed by atoms with van der Waals surface area (Å²) < 4.78 is 42.8. The molecule has 0 amide bonds.